The molecule has 0 aromatic carbocycles. The Hall–Kier alpha value is -2.42. The Morgan fingerprint density at radius 3 is 2.47 bits per heavy atom. The van der Waals surface area contributed by atoms with Crippen LogP contribution in [0, 0.1) is 6.92 Å². The number of nitrogens with two attached hydrogens (primary N) is 1. The molecule has 9 nitrogen and oxygen atoms in total. The summed E-state index contributed by atoms with van der Waals surface area (Å²) in [6.07, 6.45) is 3.10. The molecule has 1 saturated heterocycles. The van der Waals surface area contributed by atoms with E-state index in [4.69, 9.17) is 10.5 Å². The summed E-state index contributed by atoms with van der Waals surface area (Å²) in [5, 5.41) is 5.41. The standard InChI is InChI=1S/C19H31N7O2.C2H6/c1-13-15-16(20)21-12-22-17(15)26(23-13)11-10-25-8-6-14(7-9-25)24(5)18(27)28-19(2,3)4;1-2/h12,14H,6-11H2,1-5H3,(H2,20,21,22);1-2H3. The van der Waals surface area contributed by atoms with Crippen molar-refractivity contribution in [2.75, 3.05) is 32.4 Å². The van der Waals surface area contributed by atoms with Gasteiger partial charge in [0, 0.05) is 32.7 Å². The lowest BCUT2D eigenvalue weighted by Crippen LogP contribution is -2.47. The van der Waals surface area contributed by atoms with E-state index in [0.717, 1.165) is 55.7 Å². The third-order valence-corrected chi connectivity index (χ3v) is 5.15. The number of piperidine rings is 1. The highest BCUT2D eigenvalue weighted by Gasteiger charge is 2.28. The van der Waals surface area contributed by atoms with Crippen molar-refractivity contribution in [3.8, 4) is 0 Å². The molecule has 3 rings (SSSR count). The normalized spacial score (nSPS) is 15.6. The maximum Gasteiger partial charge on any atom is 0.410 e. The molecule has 1 fully saturated rings. The number of carbonyl (C=O) groups is 1. The van der Waals surface area contributed by atoms with E-state index in [1.165, 1.54) is 6.33 Å². The first kappa shape index (κ1) is 23.9. The summed E-state index contributed by atoms with van der Waals surface area (Å²) in [6, 6.07) is 0.214. The fourth-order valence-electron chi connectivity index (χ4n) is 3.62. The molecule has 0 bridgehead atoms. The number of ether oxygens (including phenoxy) is 1. The molecule has 2 N–H and O–H groups in total. The van der Waals surface area contributed by atoms with Crippen LogP contribution in [0.3, 0.4) is 0 Å². The van der Waals surface area contributed by atoms with Gasteiger partial charge < -0.3 is 20.3 Å². The second-order valence-electron chi connectivity index (χ2n) is 8.43. The second-order valence-corrected chi connectivity index (χ2v) is 8.43. The minimum absolute atomic E-state index is 0.214. The van der Waals surface area contributed by atoms with Crippen LogP contribution in [-0.4, -0.2) is 74.0 Å². The topological polar surface area (TPSA) is 102 Å². The monoisotopic (exact) mass is 419 g/mol. The van der Waals surface area contributed by atoms with Crippen molar-refractivity contribution in [3.63, 3.8) is 0 Å². The Balaban J connectivity index is 0.00000155. The van der Waals surface area contributed by atoms with Crippen molar-refractivity contribution in [2.45, 2.75) is 72.6 Å². The average molecular weight is 420 g/mol. The van der Waals surface area contributed by atoms with Crippen LogP contribution in [0.5, 0.6) is 0 Å². The summed E-state index contributed by atoms with van der Waals surface area (Å²) in [5.41, 5.74) is 7.12. The van der Waals surface area contributed by atoms with E-state index in [9.17, 15) is 4.79 Å². The van der Waals surface area contributed by atoms with E-state index in [1.807, 2.05) is 53.3 Å². The number of fused-ring (bicyclic) bond motifs is 1. The number of aryl methyl sites for hydroxylation is 1. The highest BCUT2D eigenvalue weighted by Crippen LogP contribution is 2.21. The number of nitrogens with zero attached hydrogens (tertiary/aromatic N) is 6. The third kappa shape index (κ3) is 5.81. The van der Waals surface area contributed by atoms with Crippen LogP contribution in [0.25, 0.3) is 11.0 Å². The number of likely N-dealkylation sites (tertiary alicyclic amines) is 1. The number of hydrogen-bond donors (Lipinski definition) is 1. The van der Waals surface area contributed by atoms with Crippen molar-refractivity contribution in [1.82, 2.24) is 29.5 Å². The van der Waals surface area contributed by atoms with Crippen molar-refractivity contribution in [1.29, 1.82) is 0 Å². The highest BCUT2D eigenvalue weighted by atomic mass is 16.6. The highest BCUT2D eigenvalue weighted by molar-refractivity contribution is 5.87. The molecule has 168 valence electrons. The predicted molar refractivity (Wildman–Crippen MR) is 119 cm³/mol. The molecule has 0 saturated carbocycles. The summed E-state index contributed by atoms with van der Waals surface area (Å²) >= 11 is 0. The number of hydrogen-bond acceptors (Lipinski definition) is 7. The van der Waals surface area contributed by atoms with Crippen molar-refractivity contribution >= 4 is 22.9 Å². The summed E-state index contributed by atoms with van der Waals surface area (Å²) in [6.45, 7) is 15.1. The molecule has 2 aromatic rings. The lowest BCUT2D eigenvalue weighted by atomic mass is 10.0. The lowest BCUT2D eigenvalue weighted by molar-refractivity contribution is 0.0151. The van der Waals surface area contributed by atoms with Crippen LogP contribution in [0.2, 0.25) is 0 Å². The minimum Gasteiger partial charge on any atom is -0.444 e. The van der Waals surface area contributed by atoms with Gasteiger partial charge in [0.15, 0.2) is 5.65 Å². The van der Waals surface area contributed by atoms with E-state index in [0.29, 0.717) is 5.82 Å². The van der Waals surface area contributed by atoms with Crippen LogP contribution in [-0.2, 0) is 11.3 Å². The van der Waals surface area contributed by atoms with Gasteiger partial charge in [0.05, 0.1) is 17.6 Å². The van der Waals surface area contributed by atoms with Gasteiger partial charge in [0.25, 0.3) is 0 Å². The summed E-state index contributed by atoms with van der Waals surface area (Å²) in [4.78, 5) is 24.8. The zero-order chi connectivity index (χ0) is 22.5. The number of anilines is 1. The van der Waals surface area contributed by atoms with E-state index in [-0.39, 0.29) is 12.1 Å². The molecule has 1 aliphatic heterocycles. The van der Waals surface area contributed by atoms with Crippen molar-refractivity contribution < 1.29 is 9.53 Å². The van der Waals surface area contributed by atoms with Gasteiger partial charge >= 0.3 is 6.09 Å². The summed E-state index contributed by atoms with van der Waals surface area (Å²) < 4.78 is 7.38. The molecule has 0 spiro atoms. The maximum absolute atomic E-state index is 12.3. The summed E-state index contributed by atoms with van der Waals surface area (Å²) in [5.74, 6) is 0.472. The van der Waals surface area contributed by atoms with Gasteiger partial charge in [-0.2, -0.15) is 5.10 Å². The number of aromatic nitrogens is 4. The van der Waals surface area contributed by atoms with Gasteiger partial charge in [-0.25, -0.2) is 19.4 Å². The molecular weight excluding hydrogens is 382 g/mol. The van der Waals surface area contributed by atoms with Crippen LogP contribution in [0.1, 0.15) is 53.2 Å². The first-order valence-corrected chi connectivity index (χ1v) is 10.8. The molecule has 2 aromatic heterocycles. The Morgan fingerprint density at radius 2 is 1.87 bits per heavy atom. The Morgan fingerprint density at radius 1 is 1.23 bits per heavy atom. The molecule has 0 atom stereocenters. The number of rotatable bonds is 4. The van der Waals surface area contributed by atoms with Gasteiger partial charge in [0.1, 0.15) is 17.7 Å². The lowest BCUT2D eigenvalue weighted by Gasteiger charge is -2.37. The van der Waals surface area contributed by atoms with E-state index in [2.05, 4.69) is 20.0 Å². The van der Waals surface area contributed by atoms with E-state index >= 15 is 0 Å². The SMILES string of the molecule is CC.Cc1nn(CCN2CCC(N(C)C(=O)OC(C)(C)C)CC2)c2ncnc(N)c12. The predicted octanol–water partition coefficient (Wildman–Crippen LogP) is 3.07. The molecule has 9 heteroatoms. The molecule has 0 aliphatic carbocycles. The molecule has 0 unspecified atom stereocenters. The van der Waals surface area contributed by atoms with Gasteiger partial charge in [-0.1, -0.05) is 13.8 Å². The Labute approximate surface area is 179 Å². The average Bonchev–Trinajstić information content (AvgIpc) is 3.03. The molecule has 1 amide bonds. The zero-order valence-electron chi connectivity index (χ0n) is 19.5. The molecule has 0 radical (unpaired) electrons. The van der Waals surface area contributed by atoms with Crippen LogP contribution in [0.4, 0.5) is 10.6 Å². The zero-order valence-corrected chi connectivity index (χ0v) is 19.5. The molecule has 3 heterocycles. The van der Waals surface area contributed by atoms with Crippen molar-refractivity contribution in [3.05, 3.63) is 12.0 Å². The number of nitrogen functional groups attached to an aromatic ring is 1. The quantitative estimate of drug-likeness (QED) is 0.812. The largest absolute Gasteiger partial charge is 0.444 e. The fraction of sp³-hybridized carbons (Fsp3) is 0.714. The van der Waals surface area contributed by atoms with E-state index in [1.54, 1.807) is 4.90 Å². The third-order valence-electron chi connectivity index (χ3n) is 5.15. The Bertz CT molecular complexity index is 836. The number of amides is 1. The maximum atomic E-state index is 12.3. The fourth-order valence-corrected chi connectivity index (χ4v) is 3.62. The van der Waals surface area contributed by atoms with Crippen LogP contribution >= 0.6 is 0 Å². The van der Waals surface area contributed by atoms with Crippen LogP contribution in [0.15, 0.2) is 6.33 Å². The molecular formula is C21H37N7O2. The second kappa shape index (κ2) is 10.1. The van der Waals surface area contributed by atoms with Crippen LogP contribution < -0.4 is 5.73 Å². The molecule has 30 heavy (non-hydrogen) atoms. The molecule has 1 aliphatic rings. The van der Waals surface area contributed by atoms with Gasteiger partial charge in [-0.05, 0) is 40.5 Å². The van der Waals surface area contributed by atoms with Crippen molar-refractivity contribution in [2.24, 2.45) is 0 Å². The number of carbonyl (C=O) groups excluding carboxylic acids is 1. The van der Waals surface area contributed by atoms with E-state index < -0.39 is 5.60 Å². The van der Waals surface area contributed by atoms with Gasteiger partial charge in [0.2, 0.25) is 0 Å². The smallest absolute Gasteiger partial charge is 0.410 e. The first-order valence-electron chi connectivity index (χ1n) is 10.8. The Kier molecular flexibility index (Phi) is 8.00. The van der Waals surface area contributed by atoms with Gasteiger partial charge in [-0.3, -0.25) is 0 Å². The first-order chi connectivity index (χ1) is 14.2. The van der Waals surface area contributed by atoms with Gasteiger partial charge in [-0.15, -0.1) is 0 Å². The minimum atomic E-state index is -0.469. The summed E-state index contributed by atoms with van der Waals surface area (Å²) in [7, 11) is 1.83.